The summed E-state index contributed by atoms with van der Waals surface area (Å²) in [7, 11) is 1.61. The number of carbonyl (C=O) groups is 3. The molecule has 10 nitrogen and oxygen atoms in total. The Hall–Kier alpha value is -4.44. The van der Waals surface area contributed by atoms with E-state index < -0.39 is 6.04 Å². The fourth-order valence-corrected chi connectivity index (χ4v) is 5.35. The van der Waals surface area contributed by atoms with E-state index in [0.29, 0.717) is 48.6 Å². The van der Waals surface area contributed by atoms with Crippen LogP contribution >= 0.6 is 0 Å². The van der Waals surface area contributed by atoms with Crippen LogP contribution in [0.5, 0.6) is 11.5 Å². The number of amides is 3. The number of fused-ring (bicyclic) bond motifs is 5. The first-order valence-electron chi connectivity index (χ1n) is 14.3. The van der Waals surface area contributed by atoms with Crippen molar-refractivity contribution >= 4 is 17.7 Å². The summed E-state index contributed by atoms with van der Waals surface area (Å²) in [5.74, 6) is 0.583. The highest BCUT2D eigenvalue weighted by Crippen LogP contribution is 2.25. The SMILES string of the molecule is CCc1cc(C(=O)N2CC[C@H]3OCc4cccc(c4)Oc4cccc(c4)CCC(=O)N(C)CC(=O)N[C@H]3C2)cc(=O)[nH]1. The Morgan fingerprint density at radius 3 is 2.48 bits per heavy atom. The number of hydrogen-bond acceptors (Lipinski definition) is 6. The number of hydrogen-bond donors (Lipinski definition) is 2. The highest BCUT2D eigenvalue weighted by atomic mass is 16.5. The summed E-state index contributed by atoms with van der Waals surface area (Å²) in [6.45, 7) is 2.69. The van der Waals surface area contributed by atoms with Crippen molar-refractivity contribution in [3.05, 3.63) is 93.4 Å². The van der Waals surface area contributed by atoms with Crippen LogP contribution in [0.1, 0.15) is 46.9 Å². The fourth-order valence-electron chi connectivity index (χ4n) is 5.35. The van der Waals surface area contributed by atoms with Gasteiger partial charge in [0.1, 0.15) is 11.5 Å². The van der Waals surface area contributed by atoms with Crippen molar-refractivity contribution in [1.29, 1.82) is 0 Å². The molecule has 0 saturated carbocycles. The topological polar surface area (TPSA) is 121 Å². The molecule has 10 heteroatoms. The third-order valence-electron chi connectivity index (χ3n) is 7.64. The number of carbonyl (C=O) groups excluding carboxylic acids is 3. The molecule has 0 unspecified atom stereocenters. The second-order valence-electron chi connectivity index (χ2n) is 10.8. The van der Waals surface area contributed by atoms with Gasteiger partial charge < -0.3 is 29.6 Å². The summed E-state index contributed by atoms with van der Waals surface area (Å²) in [6.07, 6.45) is 1.47. The van der Waals surface area contributed by atoms with Crippen molar-refractivity contribution in [1.82, 2.24) is 20.1 Å². The van der Waals surface area contributed by atoms with Crippen LogP contribution in [-0.4, -0.2) is 71.3 Å². The predicted molar refractivity (Wildman–Crippen MR) is 156 cm³/mol. The molecule has 1 aromatic heterocycles. The number of rotatable bonds is 2. The fraction of sp³-hybridized carbons (Fsp3) is 0.375. The van der Waals surface area contributed by atoms with Crippen LogP contribution in [0.4, 0.5) is 0 Å². The lowest BCUT2D eigenvalue weighted by molar-refractivity contribution is -0.135. The van der Waals surface area contributed by atoms with Crippen LogP contribution in [0.25, 0.3) is 0 Å². The van der Waals surface area contributed by atoms with Gasteiger partial charge in [-0.05, 0) is 60.7 Å². The van der Waals surface area contributed by atoms with E-state index in [9.17, 15) is 19.2 Å². The molecule has 2 aliphatic rings. The Balaban J connectivity index is 1.38. The maximum Gasteiger partial charge on any atom is 0.254 e. The van der Waals surface area contributed by atoms with Crippen molar-refractivity contribution in [2.24, 2.45) is 0 Å². The number of aryl methyl sites for hydroxylation is 2. The molecular weight excluding hydrogens is 536 g/mol. The molecule has 1 saturated heterocycles. The van der Waals surface area contributed by atoms with Gasteiger partial charge >= 0.3 is 0 Å². The third kappa shape index (κ3) is 7.25. The monoisotopic (exact) mass is 572 g/mol. The van der Waals surface area contributed by atoms with Crippen molar-refractivity contribution < 1.29 is 23.9 Å². The lowest BCUT2D eigenvalue weighted by atomic mass is 10.0. The standard InChI is InChI=1S/C32H36N4O6/c1-3-24-16-23(17-29(37)33-24)32(40)36-13-12-28-27(18-36)34-30(38)19-35(2)31(39)11-10-21-6-4-8-25(14-21)42-26-9-5-7-22(15-26)20-41-28/h4-9,14-17,27-28H,3,10-13,18-20H2,1-2H3,(H,33,37)(H,34,38)/t27-,28+/m0/s1. The average molecular weight is 573 g/mol. The van der Waals surface area contributed by atoms with Crippen LogP contribution in [0.3, 0.4) is 0 Å². The van der Waals surface area contributed by atoms with Gasteiger partial charge in [-0.3, -0.25) is 19.2 Å². The van der Waals surface area contributed by atoms with E-state index in [-0.39, 0.29) is 55.5 Å². The molecule has 3 heterocycles. The molecule has 2 atom stereocenters. The van der Waals surface area contributed by atoms with E-state index in [1.54, 1.807) is 18.0 Å². The second kappa shape index (κ2) is 13.0. The van der Waals surface area contributed by atoms with Crippen molar-refractivity contribution in [2.75, 3.05) is 26.7 Å². The summed E-state index contributed by atoms with van der Waals surface area (Å²) in [5.41, 5.74) is 2.54. The molecular formula is C32H36N4O6. The van der Waals surface area contributed by atoms with Crippen LogP contribution in [0, 0.1) is 0 Å². The number of nitrogens with one attached hydrogen (secondary N) is 2. The molecule has 4 bridgehead atoms. The van der Waals surface area contributed by atoms with Gasteiger partial charge in [0.15, 0.2) is 0 Å². The summed E-state index contributed by atoms with van der Waals surface area (Å²) in [5, 5.41) is 3.01. The molecule has 5 rings (SSSR count). The minimum atomic E-state index is -0.510. The number of benzene rings is 2. The predicted octanol–water partition coefficient (Wildman–Crippen LogP) is 3.05. The number of piperidine rings is 1. The van der Waals surface area contributed by atoms with Crippen molar-refractivity contribution in [2.45, 2.75) is 51.4 Å². The number of aromatic amines is 1. The normalized spacial score (nSPS) is 20.0. The number of H-pyrrole nitrogens is 1. The zero-order valence-electron chi connectivity index (χ0n) is 23.9. The van der Waals surface area contributed by atoms with Crippen molar-refractivity contribution in [3.63, 3.8) is 0 Å². The summed E-state index contributed by atoms with van der Waals surface area (Å²) < 4.78 is 12.4. The Morgan fingerprint density at radius 2 is 1.71 bits per heavy atom. The molecule has 2 aliphatic heterocycles. The number of ether oxygens (including phenoxy) is 2. The zero-order valence-corrected chi connectivity index (χ0v) is 23.9. The maximum absolute atomic E-state index is 13.4. The van der Waals surface area contributed by atoms with Gasteiger partial charge in [-0.15, -0.1) is 0 Å². The second-order valence-corrected chi connectivity index (χ2v) is 10.8. The van der Waals surface area contributed by atoms with Crippen LogP contribution < -0.4 is 15.6 Å². The molecule has 0 spiro atoms. The lowest BCUT2D eigenvalue weighted by Crippen LogP contribution is -2.58. The third-order valence-corrected chi connectivity index (χ3v) is 7.64. The number of nitrogens with zero attached hydrogens (tertiary/aromatic N) is 2. The van der Waals surface area contributed by atoms with E-state index >= 15 is 0 Å². The molecule has 2 N–H and O–H groups in total. The smallest absolute Gasteiger partial charge is 0.254 e. The molecule has 0 aliphatic carbocycles. The molecule has 42 heavy (non-hydrogen) atoms. The van der Waals surface area contributed by atoms with E-state index in [2.05, 4.69) is 10.3 Å². The van der Waals surface area contributed by atoms with E-state index in [1.807, 2.05) is 55.5 Å². The minimum Gasteiger partial charge on any atom is -0.457 e. The molecule has 0 radical (unpaired) electrons. The largest absolute Gasteiger partial charge is 0.457 e. The Bertz CT molecular complexity index is 1520. The molecule has 220 valence electrons. The minimum absolute atomic E-state index is 0.116. The highest BCUT2D eigenvalue weighted by Gasteiger charge is 2.34. The quantitative estimate of drug-likeness (QED) is 0.487. The Kier molecular flexibility index (Phi) is 9.02. The van der Waals surface area contributed by atoms with Gasteiger partial charge in [0.25, 0.3) is 5.91 Å². The first-order chi connectivity index (χ1) is 20.3. The van der Waals surface area contributed by atoms with Gasteiger partial charge in [-0.2, -0.15) is 0 Å². The summed E-state index contributed by atoms with van der Waals surface area (Å²) in [6, 6.07) is 17.8. The van der Waals surface area contributed by atoms with Crippen LogP contribution in [-0.2, 0) is 33.8 Å². The highest BCUT2D eigenvalue weighted by molar-refractivity contribution is 5.94. The molecule has 2 aromatic carbocycles. The number of likely N-dealkylation sites (N-methyl/N-ethyl adjacent to an activating group) is 1. The van der Waals surface area contributed by atoms with E-state index in [1.165, 1.54) is 11.0 Å². The van der Waals surface area contributed by atoms with Gasteiger partial charge in [0, 0.05) is 43.9 Å². The number of likely N-dealkylation sites (tertiary alicyclic amines) is 1. The Morgan fingerprint density at radius 1 is 0.976 bits per heavy atom. The summed E-state index contributed by atoms with van der Waals surface area (Å²) in [4.78, 5) is 57.3. The first-order valence-corrected chi connectivity index (χ1v) is 14.3. The van der Waals surface area contributed by atoms with E-state index in [0.717, 1.165) is 11.1 Å². The zero-order chi connectivity index (χ0) is 29.6. The van der Waals surface area contributed by atoms with Gasteiger partial charge in [0.05, 0.1) is 25.3 Å². The van der Waals surface area contributed by atoms with E-state index in [4.69, 9.17) is 9.47 Å². The first kappa shape index (κ1) is 29.1. The Labute approximate surface area is 244 Å². The van der Waals surface area contributed by atoms with Gasteiger partial charge in [-0.25, -0.2) is 0 Å². The molecule has 3 aromatic rings. The molecule has 3 amide bonds. The van der Waals surface area contributed by atoms with Crippen LogP contribution in [0.2, 0.25) is 0 Å². The van der Waals surface area contributed by atoms with Crippen LogP contribution in [0.15, 0.2) is 65.5 Å². The van der Waals surface area contributed by atoms with Gasteiger partial charge in [0.2, 0.25) is 17.4 Å². The van der Waals surface area contributed by atoms with Gasteiger partial charge in [-0.1, -0.05) is 31.2 Å². The maximum atomic E-state index is 13.4. The number of pyridine rings is 1. The lowest BCUT2D eigenvalue weighted by Gasteiger charge is -2.39. The average Bonchev–Trinajstić information content (AvgIpc) is 2.98. The number of aromatic nitrogens is 1. The summed E-state index contributed by atoms with van der Waals surface area (Å²) >= 11 is 0. The van der Waals surface area contributed by atoms with Crippen molar-refractivity contribution in [3.8, 4) is 11.5 Å². The molecule has 1 fully saturated rings.